The van der Waals surface area contributed by atoms with E-state index in [-0.39, 0.29) is 5.56 Å². The van der Waals surface area contributed by atoms with Gasteiger partial charge in [-0.25, -0.2) is 8.42 Å². The number of rotatable bonds is 5. The van der Waals surface area contributed by atoms with Crippen LogP contribution in [0.4, 0.5) is 0 Å². The van der Waals surface area contributed by atoms with Gasteiger partial charge in [0.2, 0.25) is 5.78 Å². The van der Waals surface area contributed by atoms with Gasteiger partial charge in [-0.2, -0.15) is 0 Å². The second-order valence-electron chi connectivity index (χ2n) is 6.08. The molecular weight excluding hydrogens is 396 g/mol. The lowest BCUT2D eigenvalue weighted by Crippen LogP contribution is -2.07. The van der Waals surface area contributed by atoms with Crippen molar-refractivity contribution < 1.29 is 32.3 Å². The zero-order valence-electron chi connectivity index (χ0n) is 15.6. The van der Waals surface area contributed by atoms with Crippen LogP contribution in [-0.2, 0) is 14.9 Å². The normalized spacial score (nSPS) is 15.7. The molecule has 0 spiro atoms. The summed E-state index contributed by atoms with van der Waals surface area (Å²) in [5.74, 6) is -0.235. The standard InChI is InChI=1S/C21H18O7S/c1-27-18-10-8-14(12-19(18)28-2)21(13-7-9-16(22)17(23)11-13)15-5-3-4-6-20(15)29(24,25)26/h3-12,23H,1-2H3,(H,24,25,26)/p-1/b21-13-. The molecule has 0 amide bonds. The van der Waals surface area contributed by atoms with Crippen molar-refractivity contribution in [3.63, 3.8) is 0 Å². The monoisotopic (exact) mass is 413 g/mol. The molecule has 0 atom stereocenters. The first-order chi connectivity index (χ1) is 13.8. The van der Waals surface area contributed by atoms with Crippen LogP contribution >= 0.6 is 0 Å². The van der Waals surface area contributed by atoms with E-state index in [9.17, 15) is 22.9 Å². The Bertz CT molecular complexity index is 1170. The molecule has 0 unspecified atom stereocenters. The molecule has 0 radical (unpaired) electrons. The van der Waals surface area contributed by atoms with Gasteiger partial charge in [-0.3, -0.25) is 4.79 Å². The Labute approximate surface area is 168 Å². The van der Waals surface area contributed by atoms with E-state index in [1.165, 1.54) is 50.6 Å². The topological polar surface area (TPSA) is 113 Å². The molecule has 2 aromatic carbocycles. The van der Waals surface area contributed by atoms with Gasteiger partial charge in [-0.1, -0.05) is 30.3 Å². The number of hydrogen-bond donors (Lipinski definition) is 1. The molecule has 2 aromatic rings. The molecule has 29 heavy (non-hydrogen) atoms. The van der Waals surface area contributed by atoms with Crippen LogP contribution in [0.1, 0.15) is 11.1 Å². The van der Waals surface area contributed by atoms with Gasteiger partial charge in [0.05, 0.1) is 19.1 Å². The van der Waals surface area contributed by atoms with E-state index in [4.69, 9.17) is 9.47 Å². The summed E-state index contributed by atoms with van der Waals surface area (Å²) in [5.41, 5.74) is 1.31. The highest BCUT2D eigenvalue weighted by atomic mass is 32.2. The van der Waals surface area contributed by atoms with Crippen LogP contribution < -0.4 is 9.47 Å². The molecule has 0 saturated heterocycles. The fourth-order valence-electron chi connectivity index (χ4n) is 3.03. The number of allylic oxidation sites excluding steroid dienone is 4. The van der Waals surface area contributed by atoms with Crippen molar-refractivity contribution in [2.45, 2.75) is 4.90 Å². The molecular formula is C21H17O7S-. The summed E-state index contributed by atoms with van der Waals surface area (Å²) in [7, 11) is -1.86. The van der Waals surface area contributed by atoms with Crippen molar-refractivity contribution >= 4 is 21.5 Å². The molecule has 0 aliphatic heterocycles. The fraction of sp³-hybridized carbons (Fsp3) is 0.0952. The molecule has 1 aliphatic carbocycles. The Hall–Kier alpha value is -3.36. The van der Waals surface area contributed by atoms with Gasteiger partial charge in [-0.05, 0) is 47.1 Å². The number of aliphatic hydroxyl groups excluding tert-OH is 1. The van der Waals surface area contributed by atoms with E-state index in [0.717, 1.165) is 0 Å². The molecule has 0 saturated carbocycles. The Kier molecular flexibility index (Phi) is 5.58. The molecule has 1 aliphatic rings. The van der Waals surface area contributed by atoms with Crippen LogP contribution in [0.3, 0.4) is 0 Å². The minimum atomic E-state index is -4.79. The number of carbonyl (C=O) groups is 1. The summed E-state index contributed by atoms with van der Waals surface area (Å²) in [4.78, 5) is 11.2. The number of hydrogen-bond acceptors (Lipinski definition) is 7. The fourth-order valence-corrected chi connectivity index (χ4v) is 3.72. The Morgan fingerprint density at radius 2 is 1.69 bits per heavy atom. The molecule has 150 valence electrons. The predicted octanol–water partition coefficient (Wildman–Crippen LogP) is 2.99. The van der Waals surface area contributed by atoms with Gasteiger partial charge < -0.3 is 19.1 Å². The van der Waals surface area contributed by atoms with Crippen molar-refractivity contribution in [1.29, 1.82) is 0 Å². The maximum atomic E-state index is 11.9. The van der Waals surface area contributed by atoms with Gasteiger partial charge in [0.1, 0.15) is 10.1 Å². The van der Waals surface area contributed by atoms with E-state index in [0.29, 0.717) is 28.2 Å². The van der Waals surface area contributed by atoms with Crippen LogP contribution in [0.15, 0.2) is 76.9 Å². The Balaban J connectivity index is 2.38. The van der Waals surface area contributed by atoms with Crippen molar-refractivity contribution in [2.24, 2.45) is 0 Å². The molecule has 0 aromatic heterocycles. The van der Waals surface area contributed by atoms with Crippen LogP contribution in [-0.4, -0.2) is 38.1 Å². The lowest BCUT2D eigenvalue weighted by atomic mass is 9.90. The molecule has 1 N–H and O–H groups in total. The summed E-state index contributed by atoms with van der Waals surface area (Å²) in [5, 5.41) is 9.90. The molecule has 8 heteroatoms. The molecule has 0 heterocycles. The molecule has 3 rings (SSSR count). The maximum absolute atomic E-state index is 11.9. The van der Waals surface area contributed by atoms with Crippen LogP contribution in [0.25, 0.3) is 5.57 Å². The van der Waals surface area contributed by atoms with Gasteiger partial charge in [-0.15, -0.1) is 0 Å². The highest BCUT2D eigenvalue weighted by molar-refractivity contribution is 7.85. The average molecular weight is 413 g/mol. The minimum Gasteiger partial charge on any atom is -0.744 e. The molecule has 7 nitrogen and oxygen atoms in total. The minimum absolute atomic E-state index is 0.132. The number of ketones is 1. The van der Waals surface area contributed by atoms with Gasteiger partial charge in [0.15, 0.2) is 17.3 Å². The zero-order valence-corrected chi connectivity index (χ0v) is 16.4. The van der Waals surface area contributed by atoms with Crippen LogP contribution in [0.5, 0.6) is 11.5 Å². The number of ether oxygens (including phenoxy) is 2. The van der Waals surface area contributed by atoms with E-state index >= 15 is 0 Å². The van der Waals surface area contributed by atoms with E-state index in [1.54, 1.807) is 24.3 Å². The summed E-state index contributed by atoms with van der Waals surface area (Å²) in [6.45, 7) is 0. The second kappa shape index (κ2) is 7.94. The Morgan fingerprint density at radius 3 is 2.31 bits per heavy atom. The number of aliphatic hydroxyl groups is 1. The third-order valence-electron chi connectivity index (χ3n) is 4.35. The van der Waals surface area contributed by atoms with E-state index < -0.39 is 26.6 Å². The first-order valence-electron chi connectivity index (χ1n) is 8.41. The SMILES string of the molecule is COc1ccc(/C(=C2\C=CC(=O)C(O)=C2)c2ccccc2S(=O)(=O)[O-])cc1OC. The lowest BCUT2D eigenvalue weighted by molar-refractivity contribution is -0.113. The van der Waals surface area contributed by atoms with Gasteiger partial charge in [0, 0.05) is 5.56 Å². The molecule has 0 fully saturated rings. The highest BCUT2D eigenvalue weighted by Crippen LogP contribution is 2.37. The zero-order chi connectivity index (χ0) is 21.2. The quantitative estimate of drug-likeness (QED) is 0.750. The third-order valence-corrected chi connectivity index (χ3v) is 5.24. The van der Waals surface area contributed by atoms with Gasteiger partial charge >= 0.3 is 0 Å². The number of benzene rings is 2. The maximum Gasteiger partial charge on any atom is 0.220 e. The first kappa shape index (κ1) is 20.4. The van der Waals surface area contributed by atoms with Crippen molar-refractivity contribution in [3.8, 4) is 11.5 Å². The predicted molar refractivity (Wildman–Crippen MR) is 105 cm³/mol. The average Bonchev–Trinajstić information content (AvgIpc) is 2.70. The van der Waals surface area contributed by atoms with Crippen molar-refractivity contribution in [3.05, 3.63) is 83.2 Å². The van der Waals surface area contributed by atoms with E-state index in [2.05, 4.69) is 0 Å². The lowest BCUT2D eigenvalue weighted by Gasteiger charge is -2.20. The number of carbonyl (C=O) groups excluding carboxylic acids is 1. The molecule has 0 bridgehead atoms. The van der Waals surface area contributed by atoms with Gasteiger partial charge in [0.25, 0.3) is 0 Å². The highest BCUT2D eigenvalue weighted by Gasteiger charge is 2.20. The second-order valence-corrected chi connectivity index (χ2v) is 7.43. The van der Waals surface area contributed by atoms with Crippen LogP contribution in [0, 0.1) is 0 Å². The number of methoxy groups -OCH3 is 2. The largest absolute Gasteiger partial charge is 0.744 e. The van der Waals surface area contributed by atoms with Crippen molar-refractivity contribution in [2.75, 3.05) is 14.2 Å². The first-order valence-corrected chi connectivity index (χ1v) is 9.82. The Morgan fingerprint density at radius 1 is 1.00 bits per heavy atom. The van der Waals surface area contributed by atoms with E-state index in [1.807, 2.05) is 0 Å². The smallest absolute Gasteiger partial charge is 0.220 e. The summed E-state index contributed by atoms with van der Waals surface area (Å²) < 4.78 is 46.1. The van der Waals surface area contributed by atoms with Crippen molar-refractivity contribution in [1.82, 2.24) is 0 Å². The van der Waals surface area contributed by atoms with Crippen LogP contribution in [0.2, 0.25) is 0 Å². The summed E-state index contributed by atoms with van der Waals surface area (Å²) >= 11 is 0. The summed E-state index contributed by atoms with van der Waals surface area (Å²) in [6.07, 6.45) is 3.84. The third kappa shape index (κ3) is 4.08. The summed E-state index contributed by atoms with van der Waals surface area (Å²) in [6, 6.07) is 10.6.